The molecule has 0 amide bonds. The van der Waals surface area contributed by atoms with Crippen molar-refractivity contribution in [2.75, 3.05) is 30.9 Å². The zero-order chi connectivity index (χ0) is 12.4. The van der Waals surface area contributed by atoms with Gasteiger partial charge in [-0.25, -0.2) is 0 Å². The first kappa shape index (κ1) is 11.2. The van der Waals surface area contributed by atoms with Crippen molar-refractivity contribution in [3.05, 3.63) is 23.0 Å². The van der Waals surface area contributed by atoms with Gasteiger partial charge in [0, 0.05) is 20.6 Å². The van der Waals surface area contributed by atoms with Gasteiger partial charge >= 0.3 is 0 Å². The summed E-state index contributed by atoms with van der Waals surface area (Å²) in [6.45, 7) is 4.10. The number of aromatic nitrogens is 4. The van der Waals surface area contributed by atoms with Gasteiger partial charge in [-0.1, -0.05) is 6.08 Å². The highest BCUT2D eigenvalue weighted by molar-refractivity contribution is 5.73. The normalized spacial score (nSPS) is 10.5. The van der Waals surface area contributed by atoms with Crippen molar-refractivity contribution in [3.63, 3.8) is 0 Å². The van der Waals surface area contributed by atoms with Gasteiger partial charge in [-0.15, -0.1) is 6.58 Å². The van der Waals surface area contributed by atoms with Crippen molar-refractivity contribution in [1.29, 1.82) is 0 Å². The summed E-state index contributed by atoms with van der Waals surface area (Å²) in [5.74, 6) is 0.984. The number of anilines is 2. The molecular weight excluding hydrogens is 220 g/mol. The smallest absolute Gasteiger partial charge is 0.278 e. The molecule has 0 saturated carbocycles. The molecule has 0 aromatic carbocycles. The van der Waals surface area contributed by atoms with Crippen LogP contribution in [0.5, 0.6) is 0 Å². The largest absolute Gasteiger partial charge is 0.352 e. The van der Waals surface area contributed by atoms with E-state index in [0.717, 1.165) is 0 Å². The highest BCUT2D eigenvalue weighted by Gasteiger charge is 2.10. The Morgan fingerprint density at radius 2 is 2.18 bits per heavy atom. The summed E-state index contributed by atoms with van der Waals surface area (Å²) in [4.78, 5) is 27.5. The second kappa shape index (κ2) is 4.28. The van der Waals surface area contributed by atoms with E-state index < -0.39 is 0 Å². The van der Waals surface area contributed by atoms with Crippen molar-refractivity contribution in [2.45, 2.75) is 0 Å². The van der Waals surface area contributed by atoms with Crippen LogP contribution in [-0.2, 0) is 0 Å². The van der Waals surface area contributed by atoms with Crippen molar-refractivity contribution >= 4 is 23.1 Å². The molecule has 0 unspecified atom stereocenters. The van der Waals surface area contributed by atoms with Gasteiger partial charge in [0.1, 0.15) is 0 Å². The van der Waals surface area contributed by atoms with E-state index in [0.29, 0.717) is 29.6 Å². The second-order valence-electron chi connectivity index (χ2n) is 3.74. The molecule has 3 N–H and O–H groups in total. The Bertz CT molecular complexity index is 596. The number of hydrogen-bond donors (Lipinski definition) is 3. The molecule has 7 nitrogen and oxygen atoms in total. The Hall–Kier alpha value is -2.31. The van der Waals surface area contributed by atoms with E-state index in [1.165, 1.54) is 0 Å². The molecule has 0 bridgehead atoms. The van der Waals surface area contributed by atoms with Crippen LogP contribution >= 0.6 is 0 Å². The van der Waals surface area contributed by atoms with Crippen molar-refractivity contribution in [1.82, 2.24) is 19.9 Å². The van der Waals surface area contributed by atoms with Crippen LogP contribution in [0.3, 0.4) is 0 Å². The standard InChI is InChI=1S/C10H14N6O/c1-4-5-11-9-13-7-6(8(17)15-9)12-10(14-7)16(2)3/h4H,1,5H2,2-3H3,(H3,11,12,13,14,15,17). The predicted octanol–water partition coefficient (Wildman–Crippen LogP) is 0.310. The fourth-order valence-electron chi connectivity index (χ4n) is 1.36. The Labute approximate surface area is 97.6 Å². The van der Waals surface area contributed by atoms with Crippen LogP contribution in [0, 0.1) is 0 Å². The maximum Gasteiger partial charge on any atom is 0.278 e. The van der Waals surface area contributed by atoms with E-state index in [4.69, 9.17) is 0 Å². The maximum absolute atomic E-state index is 11.7. The molecule has 2 rings (SSSR count). The number of imidazole rings is 1. The molecule has 0 spiro atoms. The highest BCUT2D eigenvalue weighted by atomic mass is 16.1. The van der Waals surface area contributed by atoms with Crippen LogP contribution in [0.2, 0.25) is 0 Å². The van der Waals surface area contributed by atoms with Crippen LogP contribution in [0.4, 0.5) is 11.9 Å². The molecule has 0 aliphatic rings. The summed E-state index contributed by atoms with van der Waals surface area (Å²) in [5, 5.41) is 2.91. The zero-order valence-electron chi connectivity index (χ0n) is 9.74. The number of aromatic amines is 2. The summed E-state index contributed by atoms with van der Waals surface area (Å²) in [6.07, 6.45) is 1.68. The zero-order valence-corrected chi connectivity index (χ0v) is 9.74. The third kappa shape index (κ3) is 2.12. The molecule has 2 aromatic heterocycles. The molecule has 0 aliphatic carbocycles. The summed E-state index contributed by atoms with van der Waals surface area (Å²) in [6, 6.07) is 0. The van der Waals surface area contributed by atoms with Gasteiger partial charge in [-0.05, 0) is 0 Å². The third-order valence-electron chi connectivity index (χ3n) is 2.19. The summed E-state index contributed by atoms with van der Waals surface area (Å²) in [5.41, 5.74) is 0.518. The molecule has 2 aromatic rings. The van der Waals surface area contributed by atoms with Crippen LogP contribution < -0.4 is 15.8 Å². The molecule has 0 aliphatic heterocycles. The quantitative estimate of drug-likeness (QED) is 0.662. The molecule has 0 atom stereocenters. The van der Waals surface area contributed by atoms with Gasteiger partial charge in [0.25, 0.3) is 5.56 Å². The predicted molar refractivity (Wildman–Crippen MR) is 67.5 cm³/mol. The van der Waals surface area contributed by atoms with Gasteiger partial charge in [-0.2, -0.15) is 9.97 Å². The highest BCUT2D eigenvalue weighted by Crippen LogP contribution is 2.11. The Morgan fingerprint density at radius 1 is 1.41 bits per heavy atom. The minimum Gasteiger partial charge on any atom is -0.352 e. The number of nitrogens with one attached hydrogen (secondary N) is 3. The molecule has 0 radical (unpaired) electrons. The average Bonchev–Trinajstić information content (AvgIpc) is 2.71. The lowest BCUT2D eigenvalue weighted by molar-refractivity contribution is 1.04. The van der Waals surface area contributed by atoms with E-state index in [1.54, 1.807) is 11.0 Å². The number of rotatable bonds is 4. The number of hydrogen-bond acceptors (Lipinski definition) is 5. The lowest BCUT2D eigenvalue weighted by Gasteiger charge is -2.04. The van der Waals surface area contributed by atoms with Crippen LogP contribution in [-0.4, -0.2) is 40.6 Å². The lowest BCUT2D eigenvalue weighted by Crippen LogP contribution is -2.13. The van der Waals surface area contributed by atoms with Crippen molar-refractivity contribution in [2.24, 2.45) is 0 Å². The molecule has 90 valence electrons. The fourth-order valence-corrected chi connectivity index (χ4v) is 1.36. The topological polar surface area (TPSA) is 89.7 Å². The average molecular weight is 234 g/mol. The van der Waals surface area contributed by atoms with Crippen LogP contribution in [0.15, 0.2) is 17.4 Å². The molecule has 7 heteroatoms. The Kier molecular flexibility index (Phi) is 2.82. The summed E-state index contributed by atoms with van der Waals surface area (Å²) >= 11 is 0. The summed E-state index contributed by atoms with van der Waals surface area (Å²) < 4.78 is 0. The third-order valence-corrected chi connectivity index (χ3v) is 2.19. The molecular formula is C10H14N6O. The SMILES string of the molecule is C=CCNc1nc2nc(N(C)C)[nH]c2c(=O)[nH]1. The van der Waals surface area contributed by atoms with Gasteiger partial charge in [0.15, 0.2) is 11.2 Å². The van der Waals surface area contributed by atoms with Gasteiger partial charge in [-0.3, -0.25) is 9.78 Å². The van der Waals surface area contributed by atoms with E-state index >= 15 is 0 Å². The second-order valence-corrected chi connectivity index (χ2v) is 3.74. The Morgan fingerprint density at radius 3 is 2.82 bits per heavy atom. The first-order chi connectivity index (χ1) is 8.11. The van der Waals surface area contributed by atoms with Crippen molar-refractivity contribution in [3.8, 4) is 0 Å². The number of fused-ring (bicyclic) bond motifs is 1. The monoisotopic (exact) mass is 234 g/mol. The Balaban J connectivity index is 2.49. The van der Waals surface area contributed by atoms with Crippen molar-refractivity contribution < 1.29 is 0 Å². The van der Waals surface area contributed by atoms with E-state index in [-0.39, 0.29) is 5.56 Å². The molecule has 0 saturated heterocycles. The minimum absolute atomic E-state index is 0.248. The number of H-pyrrole nitrogens is 2. The minimum atomic E-state index is -0.248. The van der Waals surface area contributed by atoms with E-state index in [1.807, 2.05) is 14.1 Å². The lowest BCUT2D eigenvalue weighted by atomic mass is 10.5. The van der Waals surface area contributed by atoms with Crippen LogP contribution in [0.25, 0.3) is 11.2 Å². The molecule has 2 heterocycles. The molecule has 17 heavy (non-hydrogen) atoms. The van der Waals surface area contributed by atoms with E-state index in [2.05, 4.69) is 31.8 Å². The van der Waals surface area contributed by atoms with E-state index in [9.17, 15) is 4.79 Å². The number of nitrogens with zero attached hydrogens (tertiary/aromatic N) is 3. The van der Waals surface area contributed by atoms with Crippen LogP contribution in [0.1, 0.15) is 0 Å². The van der Waals surface area contributed by atoms with Gasteiger partial charge in [0.05, 0.1) is 0 Å². The van der Waals surface area contributed by atoms with Gasteiger partial charge < -0.3 is 15.2 Å². The van der Waals surface area contributed by atoms with Gasteiger partial charge in [0.2, 0.25) is 11.9 Å². The first-order valence-corrected chi connectivity index (χ1v) is 5.14. The first-order valence-electron chi connectivity index (χ1n) is 5.14. The fraction of sp³-hybridized carbons (Fsp3) is 0.300. The molecule has 0 fully saturated rings. The maximum atomic E-state index is 11.7. The summed E-state index contributed by atoms with van der Waals surface area (Å²) in [7, 11) is 3.67.